The van der Waals surface area contributed by atoms with Crippen LogP contribution in [-0.4, -0.2) is 59.2 Å². The van der Waals surface area contributed by atoms with Crippen LogP contribution >= 0.6 is 0 Å². The molecular formula is C17H34N6O2. The predicted octanol–water partition coefficient (Wildman–Crippen LogP) is 0.994. The van der Waals surface area contributed by atoms with Gasteiger partial charge in [0.25, 0.3) is 0 Å². The summed E-state index contributed by atoms with van der Waals surface area (Å²) in [5, 5.41) is 24.3. The number of guanidine groups is 1. The summed E-state index contributed by atoms with van der Waals surface area (Å²) in [7, 11) is 3.61. The summed E-state index contributed by atoms with van der Waals surface area (Å²) >= 11 is 0. The monoisotopic (exact) mass is 354 g/mol. The molecule has 0 bridgehead atoms. The van der Waals surface area contributed by atoms with Crippen molar-refractivity contribution in [2.75, 3.05) is 33.4 Å². The van der Waals surface area contributed by atoms with Gasteiger partial charge in [-0.1, -0.05) is 13.8 Å². The summed E-state index contributed by atoms with van der Waals surface area (Å²) in [5.41, 5.74) is 0.0693. The van der Waals surface area contributed by atoms with Crippen molar-refractivity contribution in [3.05, 3.63) is 11.6 Å². The number of rotatable bonds is 11. The van der Waals surface area contributed by atoms with Crippen molar-refractivity contribution in [2.24, 2.45) is 17.5 Å². The van der Waals surface area contributed by atoms with Crippen molar-refractivity contribution in [1.29, 1.82) is 0 Å². The maximum Gasteiger partial charge on any atom is 0.191 e. The van der Waals surface area contributed by atoms with Gasteiger partial charge in [-0.25, -0.2) is 4.99 Å². The van der Waals surface area contributed by atoms with E-state index in [1.165, 1.54) is 0 Å². The van der Waals surface area contributed by atoms with Gasteiger partial charge in [0.15, 0.2) is 11.8 Å². The molecule has 0 atom stereocenters. The van der Waals surface area contributed by atoms with Gasteiger partial charge in [0.2, 0.25) is 0 Å². The van der Waals surface area contributed by atoms with Crippen molar-refractivity contribution in [3.63, 3.8) is 0 Å². The fourth-order valence-electron chi connectivity index (χ4n) is 2.63. The highest BCUT2D eigenvalue weighted by Crippen LogP contribution is 2.29. The average molecular weight is 354 g/mol. The molecule has 1 rings (SSSR count). The maximum atomic E-state index is 9.38. The van der Waals surface area contributed by atoms with E-state index in [4.69, 9.17) is 4.74 Å². The van der Waals surface area contributed by atoms with E-state index in [0.29, 0.717) is 19.7 Å². The van der Waals surface area contributed by atoms with E-state index in [9.17, 15) is 5.11 Å². The average Bonchev–Trinajstić information content (AvgIpc) is 2.94. The summed E-state index contributed by atoms with van der Waals surface area (Å²) in [6.45, 7) is 8.93. The quantitative estimate of drug-likeness (QED) is 0.312. The number of aromatic nitrogens is 3. The molecule has 0 spiro atoms. The molecule has 0 radical (unpaired) electrons. The van der Waals surface area contributed by atoms with Crippen LogP contribution in [0.1, 0.15) is 44.8 Å². The van der Waals surface area contributed by atoms with Crippen molar-refractivity contribution >= 4 is 5.96 Å². The molecule has 3 N–H and O–H groups in total. The van der Waals surface area contributed by atoms with E-state index < -0.39 is 0 Å². The van der Waals surface area contributed by atoms with Crippen LogP contribution in [0.3, 0.4) is 0 Å². The molecule has 1 heterocycles. The third kappa shape index (κ3) is 6.62. The summed E-state index contributed by atoms with van der Waals surface area (Å²) in [6, 6.07) is 0. The Kier molecular flexibility index (Phi) is 9.44. The van der Waals surface area contributed by atoms with Crippen LogP contribution in [-0.2, 0) is 18.3 Å². The van der Waals surface area contributed by atoms with Crippen LogP contribution in [0.5, 0.6) is 0 Å². The number of aliphatic imine (C=N–C) groups is 1. The number of hydrogen-bond acceptors (Lipinski definition) is 5. The van der Waals surface area contributed by atoms with E-state index in [2.05, 4.69) is 39.7 Å². The Morgan fingerprint density at radius 1 is 1.28 bits per heavy atom. The van der Waals surface area contributed by atoms with E-state index >= 15 is 0 Å². The largest absolute Gasteiger partial charge is 0.396 e. The van der Waals surface area contributed by atoms with Crippen LogP contribution in [0.4, 0.5) is 0 Å². The SMILES string of the molecule is CCC(CC)(CCO)CNC(=NCc1nnc(C)n1C)NCCOC. The van der Waals surface area contributed by atoms with Crippen LogP contribution in [0, 0.1) is 12.3 Å². The van der Waals surface area contributed by atoms with Gasteiger partial charge in [-0.2, -0.15) is 0 Å². The second kappa shape index (κ2) is 11.0. The Balaban J connectivity index is 2.77. The van der Waals surface area contributed by atoms with Gasteiger partial charge >= 0.3 is 0 Å². The number of aliphatic hydroxyl groups excluding tert-OH is 1. The zero-order valence-corrected chi connectivity index (χ0v) is 16.3. The van der Waals surface area contributed by atoms with Crippen LogP contribution < -0.4 is 10.6 Å². The molecule has 0 aromatic carbocycles. The van der Waals surface area contributed by atoms with Crippen LogP contribution in [0.2, 0.25) is 0 Å². The zero-order chi connectivity index (χ0) is 18.7. The van der Waals surface area contributed by atoms with Crippen molar-refractivity contribution in [1.82, 2.24) is 25.4 Å². The molecule has 0 aliphatic carbocycles. The van der Waals surface area contributed by atoms with Gasteiger partial charge < -0.3 is 25.0 Å². The lowest BCUT2D eigenvalue weighted by Gasteiger charge is -2.32. The number of nitrogens with zero attached hydrogens (tertiary/aromatic N) is 4. The lowest BCUT2D eigenvalue weighted by atomic mass is 9.79. The van der Waals surface area contributed by atoms with Gasteiger partial charge in [0, 0.05) is 33.9 Å². The first-order chi connectivity index (χ1) is 12.0. The van der Waals surface area contributed by atoms with Gasteiger partial charge in [0.05, 0.1) is 6.61 Å². The van der Waals surface area contributed by atoms with Gasteiger partial charge in [-0.3, -0.25) is 0 Å². The maximum absolute atomic E-state index is 9.38. The molecule has 1 aromatic rings. The minimum Gasteiger partial charge on any atom is -0.396 e. The summed E-state index contributed by atoms with van der Waals surface area (Å²) in [5.74, 6) is 2.41. The van der Waals surface area contributed by atoms with E-state index in [0.717, 1.165) is 43.4 Å². The first-order valence-corrected chi connectivity index (χ1v) is 8.98. The third-order valence-corrected chi connectivity index (χ3v) is 4.93. The molecule has 0 saturated heterocycles. The van der Waals surface area contributed by atoms with E-state index in [1.807, 2.05) is 18.5 Å². The summed E-state index contributed by atoms with van der Waals surface area (Å²) in [6.07, 6.45) is 2.79. The van der Waals surface area contributed by atoms with Crippen LogP contribution in [0.25, 0.3) is 0 Å². The Hall–Kier alpha value is -1.67. The number of aryl methyl sites for hydroxylation is 1. The van der Waals surface area contributed by atoms with E-state index in [1.54, 1.807) is 7.11 Å². The third-order valence-electron chi connectivity index (χ3n) is 4.93. The van der Waals surface area contributed by atoms with E-state index in [-0.39, 0.29) is 12.0 Å². The molecule has 25 heavy (non-hydrogen) atoms. The van der Waals surface area contributed by atoms with Gasteiger partial charge in [0.1, 0.15) is 12.4 Å². The standard InChI is InChI=1S/C17H34N6O2/c1-6-17(7-2,8-10-24)13-20-16(18-9-11-25-5)19-12-15-22-21-14(3)23(15)4/h24H,6-13H2,1-5H3,(H2,18,19,20). The Labute approximate surface area is 151 Å². The fraction of sp³-hybridized carbons (Fsp3) is 0.824. The Bertz CT molecular complexity index is 525. The van der Waals surface area contributed by atoms with Gasteiger partial charge in [-0.05, 0) is 31.6 Å². The smallest absolute Gasteiger partial charge is 0.191 e. The van der Waals surface area contributed by atoms with Gasteiger partial charge in [-0.15, -0.1) is 10.2 Å². The Morgan fingerprint density at radius 2 is 2.00 bits per heavy atom. The number of hydrogen-bond donors (Lipinski definition) is 3. The van der Waals surface area contributed by atoms with Crippen molar-refractivity contribution in [2.45, 2.75) is 46.6 Å². The highest BCUT2D eigenvalue weighted by atomic mass is 16.5. The second-order valence-corrected chi connectivity index (χ2v) is 6.34. The van der Waals surface area contributed by atoms with Crippen molar-refractivity contribution < 1.29 is 9.84 Å². The lowest BCUT2D eigenvalue weighted by molar-refractivity contribution is 0.169. The molecule has 0 fully saturated rings. The minimum absolute atomic E-state index is 0.0693. The molecule has 144 valence electrons. The van der Waals surface area contributed by atoms with Crippen LogP contribution in [0.15, 0.2) is 4.99 Å². The molecule has 1 aromatic heterocycles. The predicted molar refractivity (Wildman–Crippen MR) is 99.5 cm³/mol. The highest BCUT2D eigenvalue weighted by molar-refractivity contribution is 5.79. The fourth-order valence-corrected chi connectivity index (χ4v) is 2.63. The lowest BCUT2D eigenvalue weighted by Crippen LogP contribution is -2.44. The highest BCUT2D eigenvalue weighted by Gasteiger charge is 2.25. The number of ether oxygens (including phenoxy) is 1. The topological polar surface area (TPSA) is 96.6 Å². The first kappa shape index (κ1) is 21.4. The second-order valence-electron chi connectivity index (χ2n) is 6.34. The number of methoxy groups -OCH3 is 1. The molecule has 0 aliphatic rings. The molecule has 8 nitrogen and oxygen atoms in total. The molecular weight excluding hydrogens is 320 g/mol. The summed E-state index contributed by atoms with van der Waals surface area (Å²) < 4.78 is 7.03. The minimum atomic E-state index is 0.0693. The van der Waals surface area contributed by atoms with Crippen molar-refractivity contribution in [3.8, 4) is 0 Å². The zero-order valence-electron chi connectivity index (χ0n) is 16.3. The first-order valence-electron chi connectivity index (χ1n) is 8.98. The Morgan fingerprint density at radius 3 is 2.52 bits per heavy atom. The summed E-state index contributed by atoms with van der Waals surface area (Å²) in [4.78, 5) is 4.62. The normalized spacial score (nSPS) is 12.5. The number of nitrogens with one attached hydrogen (secondary N) is 2. The molecule has 0 saturated carbocycles. The molecule has 0 amide bonds. The molecule has 0 aliphatic heterocycles. The molecule has 8 heteroatoms. The molecule has 0 unspecified atom stereocenters. The number of aliphatic hydroxyl groups is 1.